The number of nitrogens with one attached hydrogen (secondary N) is 1. The second-order valence-corrected chi connectivity index (χ2v) is 9.45. The Kier molecular flexibility index (Phi) is 5.52. The Hall–Kier alpha value is -2.50. The van der Waals surface area contributed by atoms with E-state index in [-0.39, 0.29) is 5.54 Å². The van der Waals surface area contributed by atoms with Crippen LogP contribution >= 0.6 is 11.9 Å². The highest BCUT2D eigenvalue weighted by atomic mass is 32.2. The Labute approximate surface area is 177 Å². The van der Waals surface area contributed by atoms with Crippen LogP contribution in [-0.2, 0) is 6.54 Å². The van der Waals surface area contributed by atoms with Crippen molar-refractivity contribution in [1.82, 2.24) is 8.87 Å². The highest BCUT2D eigenvalue weighted by Crippen LogP contribution is 2.41. The summed E-state index contributed by atoms with van der Waals surface area (Å²) < 4.78 is 4.91. The van der Waals surface area contributed by atoms with Crippen molar-refractivity contribution in [3.63, 3.8) is 0 Å². The fraction of sp³-hybridized carbons (Fsp3) is 0.292. The summed E-state index contributed by atoms with van der Waals surface area (Å²) in [5.74, 6) is 0.609. The summed E-state index contributed by atoms with van der Waals surface area (Å²) >= 11 is 1.87. The van der Waals surface area contributed by atoms with E-state index in [0.717, 1.165) is 24.2 Å². The van der Waals surface area contributed by atoms with Crippen LogP contribution in [0.5, 0.6) is 0 Å². The average Bonchev–Trinajstić information content (AvgIpc) is 3.23. The zero-order valence-electron chi connectivity index (χ0n) is 17.0. The molecule has 2 heterocycles. The van der Waals surface area contributed by atoms with E-state index < -0.39 is 0 Å². The maximum Gasteiger partial charge on any atom is 0.0480 e. The lowest BCUT2D eigenvalue weighted by Gasteiger charge is -2.29. The van der Waals surface area contributed by atoms with Crippen LogP contribution in [0.1, 0.15) is 25.8 Å². The molecule has 0 aliphatic carbocycles. The molecular formula is C24H28N4S. The van der Waals surface area contributed by atoms with Crippen LogP contribution < -0.4 is 5.73 Å². The lowest BCUT2D eigenvalue weighted by molar-refractivity contribution is 0.319. The summed E-state index contributed by atoms with van der Waals surface area (Å²) in [5.41, 5.74) is 8.78. The van der Waals surface area contributed by atoms with Crippen LogP contribution in [0.15, 0.2) is 71.9 Å². The third kappa shape index (κ3) is 4.11. The monoisotopic (exact) mass is 404 g/mol. The van der Waals surface area contributed by atoms with E-state index in [0.29, 0.717) is 5.92 Å². The molecule has 150 valence electrons. The number of allylic oxidation sites excluding steroid dienone is 1. The number of nitrogens with two attached hydrogens (primary N) is 1. The van der Waals surface area contributed by atoms with Gasteiger partial charge in [0.15, 0.2) is 0 Å². The van der Waals surface area contributed by atoms with Crippen molar-refractivity contribution < 1.29 is 0 Å². The van der Waals surface area contributed by atoms with Crippen LogP contribution in [0.25, 0.3) is 16.5 Å². The molecule has 0 bridgehead atoms. The molecule has 0 radical (unpaired) electrons. The van der Waals surface area contributed by atoms with Crippen LogP contribution in [0, 0.1) is 11.3 Å². The van der Waals surface area contributed by atoms with Crippen LogP contribution in [0.3, 0.4) is 0 Å². The lowest BCUT2D eigenvalue weighted by Crippen LogP contribution is -2.32. The van der Waals surface area contributed by atoms with Gasteiger partial charge in [-0.3, -0.25) is 0 Å². The molecule has 3 aromatic rings. The number of fused-ring (bicyclic) bond motifs is 1. The Morgan fingerprint density at radius 2 is 2.00 bits per heavy atom. The summed E-state index contributed by atoms with van der Waals surface area (Å²) in [7, 11) is 0. The molecule has 0 amide bonds. The number of hydrogen-bond acceptors (Lipinski definition) is 4. The summed E-state index contributed by atoms with van der Waals surface area (Å²) in [6.07, 6.45) is 6.16. The minimum Gasteiger partial charge on any atom is -0.404 e. The van der Waals surface area contributed by atoms with Crippen molar-refractivity contribution >= 4 is 34.6 Å². The fourth-order valence-electron chi connectivity index (χ4n) is 4.29. The Morgan fingerprint density at radius 3 is 2.72 bits per heavy atom. The van der Waals surface area contributed by atoms with E-state index in [1.54, 1.807) is 0 Å². The van der Waals surface area contributed by atoms with E-state index in [4.69, 9.17) is 11.1 Å². The largest absolute Gasteiger partial charge is 0.404 e. The molecule has 4 rings (SSSR count). The number of benzene rings is 2. The summed E-state index contributed by atoms with van der Waals surface area (Å²) in [6.45, 7) is 6.79. The van der Waals surface area contributed by atoms with Crippen molar-refractivity contribution in [2.75, 3.05) is 6.54 Å². The van der Waals surface area contributed by atoms with Gasteiger partial charge in [-0.15, -0.1) is 0 Å². The van der Waals surface area contributed by atoms with Crippen molar-refractivity contribution in [1.29, 1.82) is 5.41 Å². The topological polar surface area (TPSA) is 58.0 Å². The lowest BCUT2D eigenvalue weighted by atomic mass is 9.97. The van der Waals surface area contributed by atoms with E-state index in [2.05, 4.69) is 83.5 Å². The van der Waals surface area contributed by atoms with Crippen molar-refractivity contribution in [3.8, 4) is 0 Å². The minimum atomic E-state index is 0.173. The zero-order valence-corrected chi connectivity index (χ0v) is 17.8. The summed E-state index contributed by atoms with van der Waals surface area (Å²) in [4.78, 5) is 1.30. The second-order valence-electron chi connectivity index (χ2n) is 8.36. The number of aromatic nitrogens is 1. The highest BCUT2D eigenvalue weighted by Gasteiger charge is 2.39. The quantitative estimate of drug-likeness (QED) is 0.427. The van der Waals surface area contributed by atoms with E-state index >= 15 is 0 Å². The first kappa shape index (κ1) is 19.8. The van der Waals surface area contributed by atoms with Gasteiger partial charge in [-0.2, -0.15) is 0 Å². The van der Waals surface area contributed by atoms with E-state index in [1.807, 2.05) is 11.9 Å². The third-order valence-corrected chi connectivity index (χ3v) is 7.09. The molecule has 0 spiro atoms. The molecule has 0 saturated carbocycles. The molecule has 2 aromatic carbocycles. The Bertz CT molecular complexity index is 1040. The van der Waals surface area contributed by atoms with Gasteiger partial charge in [-0.25, -0.2) is 4.31 Å². The van der Waals surface area contributed by atoms with Crippen molar-refractivity contribution in [2.45, 2.75) is 37.2 Å². The molecule has 1 atom stereocenters. The molecule has 1 saturated heterocycles. The van der Waals surface area contributed by atoms with Gasteiger partial charge in [0.25, 0.3) is 0 Å². The maximum absolute atomic E-state index is 7.51. The van der Waals surface area contributed by atoms with Gasteiger partial charge >= 0.3 is 0 Å². The summed E-state index contributed by atoms with van der Waals surface area (Å²) in [5, 5.41) is 8.70. The van der Waals surface area contributed by atoms with Gasteiger partial charge in [0.1, 0.15) is 0 Å². The predicted molar refractivity (Wildman–Crippen MR) is 124 cm³/mol. The Balaban J connectivity index is 1.51. The van der Waals surface area contributed by atoms with Crippen LogP contribution in [-0.4, -0.2) is 27.2 Å². The van der Waals surface area contributed by atoms with Crippen molar-refractivity contribution in [3.05, 3.63) is 72.6 Å². The molecule has 1 aliphatic heterocycles. The molecule has 5 heteroatoms. The number of rotatable bonds is 6. The zero-order chi connectivity index (χ0) is 20.4. The van der Waals surface area contributed by atoms with Gasteiger partial charge in [-0.05, 0) is 74.0 Å². The van der Waals surface area contributed by atoms with Gasteiger partial charge in [0.2, 0.25) is 0 Å². The first-order valence-electron chi connectivity index (χ1n) is 10.0. The van der Waals surface area contributed by atoms with Crippen molar-refractivity contribution in [2.24, 2.45) is 11.7 Å². The smallest absolute Gasteiger partial charge is 0.0480 e. The molecule has 29 heavy (non-hydrogen) atoms. The normalized spacial score (nSPS) is 19.7. The molecular weight excluding hydrogens is 376 g/mol. The molecule has 3 N–H and O–H groups in total. The van der Waals surface area contributed by atoms with E-state index in [9.17, 15) is 0 Å². The number of nitrogens with zero attached hydrogens (tertiary/aromatic N) is 2. The second kappa shape index (κ2) is 8.09. The van der Waals surface area contributed by atoms with Crippen LogP contribution in [0.2, 0.25) is 0 Å². The molecule has 1 aliphatic rings. The average molecular weight is 405 g/mol. The highest BCUT2D eigenvalue weighted by molar-refractivity contribution is 7.97. The summed E-state index contributed by atoms with van der Waals surface area (Å²) in [6, 6.07) is 19.1. The standard InChI is InChI=1S/C24H28N4S/c1-24(2)13-18(17-28(24)29-22-6-4-3-5-7-22)16-27-11-10-20-12-19(8-9-23(20)27)21(14-25)15-26/h3-12,14-15,18,25H,13,16-17,26H2,1-2H3/b21-15+,25-14?. The molecule has 1 fully saturated rings. The third-order valence-electron chi connectivity index (χ3n) is 5.74. The molecule has 1 unspecified atom stereocenters. The fourth-order valence-corrected chi connectivity index (χ4v) is 5.43. The van der Waals surface area contributed by atoms with Gasteiger partial charge < -0.3 is 15.7 Å². The maximum atomic E-state index is 7.51. The van der Waals surface area contributed by atoms with Gasteiger partial charge in [0.05, 0.1) is 0 Å². The SMILES string of the molecule is CC1(C)CC(Cn2ccc3cc(/C(C=N)=C/N)ccc32)CN1Sc1ccccc1. The Morgan fingerprint density at radius 1 is 1.21 bits per heavy atom. The molecule has 4 nitrogen and oxygen atoms in total. The molecule has 1 aromatic heterocycles. The van der Waals surface area contributed by atoms with E-state index in [1.165, 1.54) is 34.6 Å². The number of hydrogen-bond donors (Lipinski definition) is 2. The minimum absolute atomic E-state index is 0.173. The van der Waals surface area contributed by atoms with Crippen LogP contribution in [0.4, 0.5) is 0 Å². The predicted octanol–water partition coefficient (Wildman–Crippen LogP) is 5.40. The van der Waals surface area contributed by atoms with Gasteiger partial charge in [0, 0.05) is 58.6 Å². The first-order valence-corrected chi connectivity index (χ1v) is 10.8. The first-order chi connectivity index (χ1) is 14.0. The van der Waals surface area contributed by atoms with Gasteiger partial charge in [-0.1, -0.05) is 24.3 Å².